The molecule has 9 nitrogen and oxygen atoms in total. The molecule has 1 amide bonds. The van der Waals surface area contributed by atoms with E-state index in [9.17, 15) is 9.90 Å². The number of anilines is 1. The van der Waals surface area contributed by atoms with Gasteiger partial charge >= 0.3 is 5.97 Å². The molecule has 0 saturated heterocycles. The van der Waals surface area contributed by atoms with Gasteiger partial charge in [0, 0.05) is 66.0 Å². The van der Waals surface area contributed by atoms with Crippen LogP contribution in [0.1, 0.15) is 61.8 Å². The summed E-state index contributed by atoms with van der Waals surface area (Å²) in [5, 5.41) is 17.5. The average Bonchev–Trinajstić information content (AvgIpc) is 3.62. The van der Waals surface area contributed by atoms with Crippen molar-refractivity contribution >= 4 is 62.6 Å². The van der Waals surface area contributed by atoms with E-state index in [1.54, 1.807) is 16.8 Å². The molecule has 0 spiro atoms. The minimum atomic E-state index is -1.01. The maximum atomic E-state index is 15.0. The number of ether oxygens (including phenoxy) is 1. The maximum absolute atomic E-state index is 15.0. The zero-order valence-electron chi connectivity index (χ0n) is 29.0. The predicted octanol–water partition coefficient (Wildman–Crippen LogP) is 8.83. The number of carboxylic acid groups (broad SMARTS) is 1. The van der Waals surface area contributed by atoms with E-state index in [0.29, 0.717) is 66.3 Å². The number of fused-ring (bicyclic) bond motifs is 4. The minimum Gasteiger partial charge on any atom is -0.494 e. The molecule has 1 aliphatic heterocycles. The first-order chi connectivity index (χ1) is 23.9. The number of carbonyl (C=O) groups excluding carboxylic acids is 1. The van der Waals surface area contributed by atoms with Crippen molar-refractivity contribution in [2.75, 3.05) is 18.1 Å². The summed E-state index contributed by atoms with van der Waals surface area (Å²) in [6.07, 6.45) is 3.55. The summed E-state index contributed by atoms with van der Waals surface area (Å²) in [4.78, 5) is 29.0. The number of benzene rings is 3. The maximum Gasteiger partial charge on any atom is 0.337 e. The SMILES string of the molecule is Cc1cc(OCCCc2c3n(c4c(-c5c(C)nn(C)c5C)c(Cl)ccc24)CCCN(c2cccc4c(C(=O)O)cn(C)c24)C3=O)cc(C)c1Cl. The van der Waals surface area contributed by atoms with E-state index in [4.69, 9.17) is 33.0 Å². The third kappa shape index (κ3) is 5.43. The van der Waals surface area contributed by atoms with Gasteiger partial charge in [-0.05, 0) is 87.9 Å². The fraction of sp³-hybridized carbons (Fsp3) is 0.308. The number of aromatic nitrogens is 4. The number of carboxylic acids is 1. The van der Waals surface area contributed by atoms with Crippen molar-refractivity contribution in [1.82, 2.24) is 18.9 Å². The third-order valence-electron chi connectivity index (χ3n) is 10.00. The van der Waals surface area contributed by atoms with Crippen molar-refractivity contribution in [2.45, 2.75) is 53.5 Å². The van der Waals surface area contributed by atoms with E-state index in [-0.39, 0.29) is 11.5 Å². The molecule has 0 fully saturated rings. The monoisotopic (exact) mass is 711 g/mol. The van der Waals surface area contributed by atoms with Gasteiger partial charge < -0.3 is 23.9 Å². The molecule has 0 unspecified atom stereocenters. The van der Waals surface area contributed by atoms with Crippen molar-refractivity contribution in [3.8, 4) is 16.9 Å². The molecule has 50 heavy (non-hydrogen) atoms. The van der Waals surface area contributed by atoms with Crippen LogP contribution in [0.5, 0.6) is 5.75 Å². The highest BCUT2D eigenvalue weighted by molar-refractivity contribution is 6.35. The van der Waals surface area contributed by atoms with Crippen LogP contribution in [0.3, 0.4) is 0 Å². The van der Waals surface area contributed by atoms with Gasteiger partial charge in [0.05, 0.1) is 39.6 Å². The van der Waals surface area contributed by atoms with Gasteiger partial charge in [0.25, 0.3) is 5.91 Å². The number of nitrogens with zero attached hydrogens (tertiary/aromatic N) is 5. The van der Waals surface area contributed by atoms with Gasteiger partial charge in [-0.2, -0.15) is 5.10 Å². The van der Waals surface area contributed by atoms with E-state index in [0.717, 1.165) is 60.9 Å². The Balaban J connectivity index is 1.38. The summed E-state index contributed by atoms with van der Waals surface area (Å²) in [5.74, 6) is -0.375. The van der Waals surface area contributed by atoms with Crippen LogP contribution in [0, 0.1) is 27.7 Å². The van der Waals surface area contributed by atoms with Crippen molar-refractivity contribution in [1.29, 1.82) is 0 Å². The minimum absolute atomic E-state index is 0.133. The molecular formula is C39H39Cl2N5O4. The number of aromatic carboxylic acids is 1. The molecule has 0 aliphatic carbocycles. The lowest BCUT2D eigenvalue weighted by Crippen LogP contribution is -2.32. The van der Waals surface area contributed by atoms with Gasteiger partial charge in [0.1, 0.15) is 11.4 Å². The molecular weight excluding hydrogens is 673 g/mol. The number of amides is 1. The number of rotatable bonds is 8. The Morgan fingerprint density at radius 1 is 0.960 bits per heavy atom. The number of hydrogen-bond donors (Lipinski definition) is 1. The number of hydrogen-bond acceptors (Lipinski definition) is 4. The summed E-state index contributed by atoms with van der Waals surface area (Å²) < 4.78 is 12.0. The Morgan fingerprint density at radius 3 is 2.38 bits per heavy atom. The van der Waals surface area contributed by atoms with Gasteiger partial charge in [-0.1, -0.05) is 41.4 Å². The average molecular weight is 713 g/mol. The Labute approximate surface area is 300 Å². The van der Waals surface area contributed by atoms with Crippen LogP contribution >= 0.6 is 23.2 Å². The third-order valence-corrected chi connectivity index (χ3v) is 10.9. The van der Waals surface area contributed by atoms with Crippen molar-refractivity contribution < 1.29 is 19.4 Å². The fourth-order valence-corrected chi connectivity index (χ4v) is 8.05. The lowest BCUT2D eigenvalue weighted by Gasteiger charge is -2.23. The van der Waals surface area contributed by atoms with Crippen LogP contribution in [0.4, 0.5) is 5.69 Å². The van der Waals surface area contributed by atoms with E-state index in [1.807, 2.05) is 87.8 Å². The van der Waals surface area contributed by atoms with E-state index >= 15 is 4.79 Å². The molecule has 1 N–H and O–H groups in total. The van der Waals surface area contributed by atoms with Crippen LogP contribution in [-0.4, -0.2) is 49.0 Å². The standard InChI is InChI=1S/C39H39Cl2N5O4/c1-21-18-25(19-22(2)34(21)41)50-17-8-11-26-28-13-14-30(40)33(32-23(3)42-44(6)24(32)4)36(28)46-16-9-15-45(38(47)37(26)46)31-12-7-10-27-29(39(48)49)20-43(5)35(27)31/h7,10,12-14,18-20H,8-9,11,15-17H2,1-6H3,(H,48,49). The quantitative estimate of drug-likeness (QED) is 0.159. The first kappa shape index (κ1) is 33.8. The number of halogens is 2. The molecule has 3 aromatic carbocycles. The molecule has 0 radical (unpaired) electrons. The number of aryl methyl sites for hydroxylation is 7. The number of para-hydroxylation sites is 1. The van der Waals surface area contributed by atoms with Crippen LogP contribution in [-0.2, 0) is 27.1 Å². The summed E-state index contributed by atoms with van der Waals surface area (Å²) in [6, 6.07) is 13.4. The Kier molecular flexibility index (Phi) is 8.68. The highest BCUT2D eigenvalue weighted by Gasteiger charge is 2.33. The second-order valence-corrected chi connectivity index (χ2v) is 14.0. The molecule has 1 aliphatic rings. The lowest BCUT2D eigenvalue weighted by molar-refractivity contribution is 0.0698. The van der Waals surface area contributed by atoms with Gasteiger partial charge in [-0.3, -0.25) is 9.48 Å². The smallest absolute Gasteiger partial charge is 0.337 e. The summed E-state index contributed by atoms with van der Waals surface area (Å²) in [5.41, 5.74) is 9.69. The lowest BCUT2D eigenvalue weighted by atomic mass is 9.98. The largest absolute Gasteiger partial charge is 0.494 e. The molecule has 0 atom stereocenters. The summed E-state index contributed by atoms with van der Waals surface area (Å²) >= 11 is 13.5. The van der Waals surface area contributed by atoms with Gasteiger partial charge in [-0.25, -0.2) is 4.79 Å². The van der Waals surface area contributed by atoms with Gasteiger partial charge in [0.2, 0.25) is 0 Å². The fourth-order valence-electron chi connectivity index (χ4n) is 7.70. The zero-order chi connectivity index (χ0) is 35.6. The van der Waals surface area contributed by atoms with Gasteiger partial charge in [-0.15, -0.1) is 0 Å². The second-order valence-electron chi connectivity index (χ2n) is 13.2. The Hall–Kier alpha value is -4.73. The van der Waals surface area contributed by atoms with Crippen LogP contribution in [0.25, 0.3) is 32.9 Å². The summed E-state index contributed by atoms with van der Waals surface area (Å²) in [6.45, 7) is 9.47. The van der Waals surface area contributed by atoms with Crippen LogP contribution in [0.15, 0.2) is 48.7 Å². The topological polar surface area (TPSA) is 94.5 Å². The number of carbonyl (C=O) groups is 2. The highest BCUT2D eigenvalue weighted by atomic mass is 35.5. The summed E-state index contributed by atoms with van der Waals surface area (Å²) in [7, 11) is 3.74. The van der Waals surface area contributed by atoms with Crippen molar-refractivity contribution in [3.05, 3.63) is 98.0 Å². The Morgan fingerprint density at radius 2 is 1.70 bits per heavy atom. The first-order valence-corrected chi connectivity index (χ1v) is 17.5. The molecule has 11 heteroatoms. The predicted molar refractivity (Wildman–Crippen MR) is 200 cm³/mol. The van der Waals surface area contributed by atoms with E-state index in [1.165, 1.54) is 0 Å². The molecule has 4 heterocycles. The Bertz CT molecular complexity index is 2340. The van der Waals surface area contributed by atoms with E-state index < -0.39 is 5.97 Å². The second kappa shape index (κ2) is 12.9. The normalized spacial score (nSPS) is 13.4. The molecule has 3 aromatic heterocycles. The first-order valence-electron chi connectivity index (χ1n) is 16.8. The van der Waals surface area contributed by atoms with E-state index in [2.05, 4.69) is 4.57 Å². The van der Waals surface area contributed by atoms with Crippen LogP contribution < -0.4 is 9.64 Å². The highest BCUT2D eigenvalue weighted by Crippen LogP contribution is 2.43. The van der Waals surface area contributed by atoms with Crippen LogP contribution in [0.2, 0.25) is 10.0 Å². The zero-order valence-corrected chi connectivity index (χ0v) is 30.5. The van der Waals surface area contributed by atoms with Crippen molar-refractivity contribution in [2.24, 2.45) is 14.1 Å². The van der Waals surface area contributed by atoms with Gasteiger partial charge in [0.15, 0.2) is 0 Å². The van der Waals surface area contributed by atoms with Crippen molar-refractivity contribution in [3.63, 3.8) is 0 Å². The molecule has 258 valence electrons. The molecule has 0 bridgehead atoms. The molecule has 6 aromatic rings. The molecule has 0 saturated carbocycles. The molecule has 7 rings (SSSR count).